The number of benzene rings is 1. The molecule has 1 aliphatic heterocycles. The summed E-state index contributed by atoms with van der Waals surface area (Å²) in [5.41, 5.74) is 0.0741. The minimum absolute atomic E-state index is 0.397. The third-order valence-electron chi connectivity index (χ3n) is 4.31. The van der Waals surface area contributed by atoms with Gasteiger partial charge in [0.1, 0.15) is 5.75 Å². The summed E-state index contributed by atoms with van der Waals surface area (Å²) in [7, 11) is 1.62. The fourth-order valence-corrected chi connectivity index (χ4v) is 3.09. The number of β-amino-alcohol motifs (C(OH)–C–C–N with tert-alkyl or cyclic N) is 1. The van der Waals surface area contributed by atoms with Crippen molar-refractivity contribution in [2.75, 3.05) is 53.0 Å². The van der Waals surface area contributed by atoms with Gasteiger partial charge in [-0.05, 0) is 26.0 Å². The molecule has 1 aromatic carbocycles. The molecule has 0 amide bonds. The number of aliphatic hydroxyl groups is 1. The summed E-state index contributed by atoms with van der Waals surface area (Å²) in [5, 5.41) is 17.8. The fourth-order valence-electron chi connectivity index (χ4n) is 2.93. The molecule has 3 N–H and O–H groups in total. The third kappa shape index (κ3) is 7.54. The minimum Gasteiger partial charge on any atom is -0.496 e. The Balaban J connectivity index is 1.94. The maximum Gasteiger partial charge on any atom is 0.191 e. The number of aliphatic imine (C=N–C) groups is 1. The lowest BCUT2D eigenvalue weighted by Gasteiger charge is -2.34. The monoisotopic (exact) mass is 398 g/mol. The van der Waals surface area contributed by atoms with Crippen molar-refractivity contribution in [2.45, 2.75) is 26.0 Å². The van der Waals surface area contributed by atoms with Crippen molar-refractivity contribution in [1.82, 2.24) is 15.5 Å². The number of morpholine rings is 1. The fraction of sp³-hybridized carbons (Fsp3) is 0.632. The molecule has 1 aliphatic rings. The minimum atomic E-state index is -0.870. The van der Waals surface area contributed by atoms with Gasteiger partial charge >= 0.3 is 0 Å². The number of methoxy groups -OCH3 is 1. The predicted molar refractivity (Wildman–Crippen MR) is 109 cm³/mol. The van der Waals surface area contributed by atoms with E-state index >= 15 is 0 Å². The Morgan fingerprint density at radius 2 is 2.11 bits per heavy atom. The number of ether oxygens (including phenoxy) is 2. The molecule has 0 saturated carbocycles. The highest BCUT2D eigenvalue weighted by Gasteiger charge is 2.25. The first-order chi connectivity index (χ1) is 12.9. The van der Waals surface area contributed by atoms with Crippen LogP contribution < -0.4 is 15.4 Å². The van der Waals surface area contributed by atoms with Gasteiger partial charge < -0.3 is 25.2 Å². The molecule has 0 aromatic heterocycles. The first-order valence-electron chi connectivity index (χ1n) is 9.30. The Kier molecular flexibility index (Phi) is 8.63. The van der Waals surface area contributed by atoms with Crippen LogP contribution in [0.25, 0.3) is 0 Å². The van der Waals surface area contributed by atoms with Crippen LogP contribution >= 0.6 is 11.6 Å². The molecule has 0 spiro atoms. The molecule has 7 nitrogen and oxygen atoms in total. The van der Waals surface area contributed by atoms with E-state index in [1.165, 1.54) is 0 Å². The van der Waals surface area contributed by atoms with Gasteiger partial charge in [-0.3, -0.25) is 4.90 Å². The zero-order valence-corrected chi connectivity index (χ0v) is 17.2. The molecule has 1 fully saturated rings. The van der Waals surface area contributed by atoms with Crippen LogP contribution in [0.1, 0.15) is 19.4 Å². The first kappa shape index (κ1) is 21.8. The van der Waals surface area contributed by atoms with Crippen LogP contribution in [-0.2, 0) is 11.3 Å². The van der Waals surface area contributed by atoms with Gasteiger partial charge in [0, 0.05) is 43.3 Å². The molecule has 0 bridgehead atoms. The molecule has 1 saturated heterocycles. The van der Waals surface area contributed by atoms with E-state index in [2.05, 4.69) is 20.5 Å². The summed E-state index contributed by atoms with van der Waals surface area (Å²) in [5.74, 6) is 1.36. The Hall–Kier alpha value is -1.54. The van der Waals surface area contributed by atoms with E-state index in [0.29, 0.717) is 36.4 Å². The first-order valence-corrected chi connectivity index (χ1v) is 9.68. The van der Waals surface area contributed by atoms with Gasteiger partial charge in [0.25, 0.3) is 0 Å². The van der Waals surface area contributed by atoms with Crippen LogP contribution in [0, 0.1) is 0 Å². The maximum atomic E-state index is 10.7. The average Bonchev–Trinajstić information content (AvgIpc) is 2.65. The van der Waals surface area contributed by atoms with Crippen LogP contribution in [-0.4, -0.2) is 74.6 Å². The number of rotatable bonds is 8. The van der Waals surface area contributed by atoms with Gasteiger partial charge in [0.2, 0.25) is 0 Å². The van der Waals surface area contributed by atoms with Gasteiger partial charge in [-0.25, -0.2) is 4.99 Å². The molecule has 0 aliphatic carbocycles. The summed E-state index contributed by atoms with van der Waals surface area (Å²) >= 11 is 6.01. The highest BCUT2D eigenvalue weighted by atomic mass is 35.5. The third-order valence-corrected chi connectivity index (χ3v) is 4.54. The molecule has 1 aromatic rings. The molecule has 1 unspecified atom stereocenters. The van der Waals surface area contributed by atoms with Crippen LogP contribution in [0.4, 0.5) is 0 Å². The van der Waals surface area contributed by atoms with Gasteiger partial charge in [-0.1, -0.05) is 17.7 Å². The number of nitrogens with zero attached hydrogens (tertiary/aromatic N) is 2. The van der Waals surface area contributed by atoms with Crippen molar-refractivity contribution in [1.29, 1.82) is 0 Å². The summed E-state index contributed by atoms with van der Waals surface area (Å²) in [6.07, 6.45) is 0. The Morgan fingerprint density at radius 3 is 2.78 bits per heavy atom. The number of hydrogen-bond acceptors (Lipinski definition) is 5. The Bertz CT molecular complexity index is 619. The average molecular weight is 399 g/mol. The van der Waals surface area contributed by atoms with Crippen LogP contribution in [0.3, 0.4) is 0 Å². The van der Waals surface area contributed by atoms with E-state index in [1.54, 1.807) is 13.2 Å². The molecule has 1 heterocycles. The topological polar surface area (TPSA) is 78.4 Å². The maximum absolute atomic E-state index is 10.7. The summed E-state index contributed by atoms with van der Waals surface area (Å²) in [6, 6.07) is 5.51. The Labute approximate surface area is 166 Å². The lowest BCUT2D eigenvalue weighted by Crippen LogP contribution is -2.52. The Morgan fingerprint density at radius 1 is 1.37 bits per heavy atom. The largest absolute Gasteiger partial charge is 0.496 e. The van der Waals surface area contributed by atoms with Crippen molar-refractivity contribution >= 4 is 17.6 Å². The SMILES string of the molecule is CCNC(=NCc1ccc(Cl)cc1OC)NCC(C)(O)CN1CCOCC1. The van der Waals surface area contributed by atoms with Crippen LogP contribution in [0.5, 0.6) is 5.75 Å². The van der Waals surface area contributed by atoms with Crippen molar-refractivity contribution in [3.63, 3.8) is 0 Å². The number of nitrogens with one attached hydrogen (secondary N) is 2. The standard InChI is InChI=1S/C19H31ClN4O3/c1-4-21-18(22-12-15-5-6-16(20)11-17(15)26-3)23-13-19(2,25)14-24-7-9-27-10-8-24/h5-6,11,25H,4,7-10,12-14H2,1-3H3,(H2,21,22,23). The highest BCUT2D eigenvalue weighted by molar-refractivity contribution is 6.30. The molecule has 152 valence electrons. The van der Waals surface area contributed by atoms with E-state index in [9.17, 15) is 5.11 Å². The van der Waals surface area contributed by atoms with Crippen LogP contribution in [0.15, 0.2) is 23.2 Å². The van der Waals surface area contributed by atoms with Crippen molar-refractivity contribution in [2.24, 2.45) is 4.99 Å². The van der Waals surface area contributed by atoms with Crippen molar-refractivity contribution in [3.8, 4) is 5.75 Å². The number of guanidine groups is 1. The van der Waals surface area contributed by atoms with E-state index < -0.39 is 5.60 Å². The second kappa shape index (κ2) is 10.7. The molecule has 2 rings (SSSR count). The van der Waals surface area contributed by atoms with E-state index in [0.717, 1.165) is 38.4 Å². The summed E-state index contributed by atoms with van der Waals surface area (Å²) in [4.78, 5) is 6.81. The lowest BCUT2D eigenvalue weighted by atomic mass is 10.1. The van der Waals surface area contributed by atoms with E-state index in [1.807, 2.05) is 26.0 Å². The second-order valence-electron chi connectivity index (χ2n) is 6.89. The number of halogens is 1. The van der Waals surface area contributed by atoms with Crippen LogP contribution in [0.2, 0.25) is 5.02 Å². The zero-order chi connectivity index (χ0) is 19.7. The summed E-state index contributed by atoms with van der Waals surface area (Å²) in [6.45, 7) is 9.14. The molecular weight excluding hydrogens is 368 g/mol. The van der Waals surface area contributed by atoms with Gasteiger partial charge in [0.05, 0.1) is 32.5 Å². The molecular formula is C19H31ClN4O3. The van der Waals surface area contributed by atoms with E-state index in [4.69, 9.17) is 21.1 Å². The quantitative estimate of drug-likeness (QED) is 0.455. The highest BCUT2D eigenvalue weighted by Crippen LogP contribution is 2.23. The normalized spacial score (nSPS) is 18.0. The van der Waals surface area contributed by atoms with Gasteiger partial charge in [-0.2, -0.15) is 0 Å². The lowest BCUT2D eigenvalue weighted by molar-refractivity contribution is -0.0201. The smallest absolute Gasteiger partial charge is 0.191 e. The molecule has 8 heteroatoms. The number of hydrogen-bond donors (Lipinski definition) is 3. The van der Waals surface area contributed by atoms with Gasteiger partial charge in [-0.15, -0.1) is 0 Å². The molecule has 27 heavy (non-hydrogen) atoms. The van der Waals surface area contributed by atoms with Crippen molar-refractivity contribution < 1.29 is 14.6 Å². The van der Waals surface area contributed by atoms with Crippen molar-refractivity contribution in [3.05, 3.63) is 28.8 Å². The molecule has 0 radical (unpaired) electrons. The van der Waals surface area contributed by atoms with Gasteiger partial charge in [0.15, 0.2) is 5.96 Å². The summed E-state index contributed by atoms with van der Waals surface area (Å²) < 4.78 is 10.7. The molecule has 1 atom stereocenters. The second-order valence-corrected chi connectivity index (χ2v) is 7.33. The zero-order valence-electron chi connectivity index (χ0n) is 16.4. The van der Waals surface area contributed by atoms with E-state index in [-0.39, 0.29) is 0 Å². The predicted octanol–water partition coefficient (Wildman–Crippen LogP) is 1.49.